The van der Waals surface area contributed by atoms with Crippen LogP contribution in [0.1, 0.15) is 29.3 Å². The number of hydrogen-bond acceptors (Lipinski definition) is 3. The van der Waals surface area contributed by atoms with Gasteiger partial charge in [0.1, 0.15) is 5.75 Å². The molecule has 3 nitrogen and oxygen atoms in total. The lowest BCUT2D eigenvalue weighted by atomic mass is 10.1. The highest BCUT2D eigenvalue weighted by Gasteiger charge is 2.14. The monoisotopic (exact) mass is 309 g/mol. The fraction of sp³-hybridized carbons (Fsp3) is 0.200. The van der Waals surface area contributed by atoms with Crippen molar-refractivity contribution in [1.82, 2.24) is 4.98 Å². The van der Waals surface area contributed by atoms with Gasteiger partial charge in [-0.3, -0.25) is 9.78 Å². The van der Waals surface area contributed by atoms with Crippen molar-refractivity contribution in [3.63, 3.8) is 0 Å². The summed E-state index contributed by atoms with van der Waals surface area (Å²) in [6.45, 7) is 2.59. The zero-order valence-corrected chi connectivity index (χ0v) is 12.4. The van der Waals surface area contributed by atoms with Crippen molar-refractivity contribution in [2.45, 2.75) is 13.3 Å². The van der Waals surface area contributed by atoms with Crippen molar-refractivity contribution < 1.29 is 9.53 Å². The molecule has 0 aliphatic carbocycles. The van der Waals surface area contributed by atoms with Crippen LogP contribution in [0.3, 0.4) is 0 Å². The van der Waals surface area contributed by atoms with Gasteiger partial charge in [-0.2, -0.15) is 0 Å². The molecule has 0 spiro atoms. The molecular weight excluding hydrogens is 297 g/mol. The van der Waals surface area contributed by atoms with Gasteiger partial charge in [0.15, 0.2) is 5.78 Å². The Morgan fingerprint density at radius 1 is 1.25 bits per heavy atom. The zero-order chi connectivity index (χ0) is 14.5. The van der Waals surface area contributed by atoms with E-state index in [1.54, 1.807) is 30.5 Å². The van der Waals surface area contributed by atoms with Gasteiger partial charge in [-0.05, 0) is 30.7 Å². The SMILES string of the molecule is CCCOc1cncc(C(=O)c2cc(Cl)ccc2Cl)c1. The Morgan fingerprint density at radius 3 is 2.80 bits per heavy atom. The average Bonchev–Trinajstić information content (AvgIpc) is 2.47. The molecule has 0 unspecified atom stereocenters. The summed E-state index contributed by atoms with van der Waals surface area (Å²) < 4.78 is 5.46. The van der Waals surface area contributed by atoms with Gasteiger partial charge < -0.3 is 4.74 Å². The lowest BCUT2D eigenvalue weighted by molar-refractivity contribution is 0.103. The number of pyridine rings is 1. The Hall–Kier alpha value is -1.58. The first-order valence-electron chi connectivity index (χ1n) is 6.19. The molecule has 1 aromatic carbocycles. The molecule has 0 saturated heterocycles. The summed E-state index contributed by atoms with van der Waals surface area (Å²) >= 11 is 11.9. The van der Waals surface area contributed by atoms with E-state index in [0.717, 1.165) is 6.42 Å². The van der Waals surface area contributed by atoms with Gasteiger partial charge in [0, 0.05) is 22.3 Å². The van der Waals surface area contributed by atoms with E-state index in [0.29, 0.717) is 33.5 Å². The molecule has 2 rings (SSSR count). The summed E-state index contributed by atoms with van der Waals surface area (Å²) in [4.78, 5) is 16.4. The van der Waals surface area contributed by atoms with Crippen LogP contribution in [0.15, 0.2) is 36.7 Å². The number of halogens is 2. The summed E-state index contributed by atoms with van der Waals surface area (Å²) in [5.41, 5.74) is 0.774. The van der Waals surface area contributed by atoms with Gasteiger partial charge >= 0.3 is 0 Å². The number of benzene rings is 1. The normalized spacial score (nSPS) is 10.3. The highest BCUT2D eigenvalue weighted by molar-refractivity contribution is 6.36. The Kier molecular flexibility index (Phi) is 4.99. The van der Waals surface area contributed by atoms with E-state index in [-0.39, 0.29) is 5.78 Å². The van der Waals surface area contributed by atoms with E-state index in [1.807, 2.05) is 6.92 Å². The van der Waals surface area contributed by atoms with E-state index in [2.05, 4.69) is 4.98 Å². The van der Waals surface area contributed by atoms with Crippen molar-refractivity contribution in [2.24, 2.45) is 0 Å². The minimum absolute atomic E-state index is 0.230. The fourth-order valence-corrected chi connectivity index (χ4v) is 2.04. The first-order chi connectivity index (χ1) is 9.61. The molecule has 0 aliphatic rings. The van der Waals surface area contributed by atoms with Gasteiger partial charge in [-0.1, -0.05) is 30.1 Å². The largest absolute Gasteiger partial charge is 0.492 e. The van der Waals surface area contributed by atoms with Crippen molar-refractivity contribution in [3.8, 4) is 5.75 Å². The standard InChI is InChI=1S/C15H13Cl2NO2/c1-2-5-20-12-6-10(8-18-9-12)15(19)13-7-11(16)3-4-14(13)17/h3-4,6-9H,2,5H2,1H3. The third kappa shape index (κ3) is 3.50. The molecule has 5 heteroatoms. The number of nitrogens with zero attached hydrogens (tertiary/aromatic N) is 1. The highest BCUT2D eigenvalue weighted by atomic mass is 35.5. The fourth-order valence-electron chi connectivity index (χ4n) is 1.67. The van der Waals surface area contributed by atoms with E-state index in [4.69, 9.17) is 27.9 Å². The molecular formula is C15H13Cl2NO2. The second-order valence-electron chi connectivity index (χ2n) is 4.21. The molecule has 1 aromatic heterocycles. The third-order valence-electron chi connectivity index (χ3n) is 2.62. The predicted molar refractivity (Wildman–Crippen MR) is 79.9 cm³/mol. The van der Waals surface area contributed by atoms with Crippen LogP contribution in [0.4, 0.5) is 0 Å². The maximum absolute atomic E-state index is 12.4. The van der Waals surface area contributed by atoms with Gasteiger partial charge in [0.05, 0.1) is 17.8 Å². The Morgan fingerprint density at radius 2 is 2.05 bits per heavy atom. The lowest BCUT2D eigenvalue weighted by Crippen LogP contribution is -2.04. The van der Waals surface area contributed by atoms with Crippen molar-refractivity contribution in [3.05, 3.63) is 57.8 Å². The molecule has 104 valence electrons. The molecule has 0 radical (unpaired) electrons. The number of carbonyl (C=O) groups excluding carboxylic acids is 1. The second kappa shape index (κ2) is 6.73. The quantitative estimate of drug-likeness (QED) is 0.768. The molecule has 1 heterocycles. The molecule has 0 aliphatic heterocycles. The Balaban J connectivity index is 2.31. The van der Waals surface area contributed by atoms with Crippen molar-refractivity contribution in [2.75, 3.05) is 6.61 Å². The maximum atomic E-state index is 12.4. The van der Waals surface area contributed by atoms with Crippen LogP contribution in [0, 0.1) is 0 Å². The lowest BCUT2D eigenvalue weighted by Gasteiger charge is -2.07. The molecule has 0 amide bonds. The number of hydrogen-bond donors (Lipinski definition) is 0. The van der Waals surface area contributed by atoms with Crippen LogP contribution in [-0.2, 0) is 0 Å². The van der Waals surface area contributed by atoms with Crippen LogP contribution >= 0.6 is 23.2 Å². The zero-order valence-electron chi connectivity index (χ0n) is 10.9. The average molecular weight is 310 g/mol. The number of ether oxygens (including phenoxy) is 1. The predicted octanol–water partition coefficient (Wildman–Crippen LogP) is 4.41. The molecule has 0 bridgehead atoms. The van der Waals surface area contributed by atoms with Crippen LogP contribution < -0.4 is 4.74 Å². The minimum atomic E-state index is -0.230. The molecule has 0 N–H and O–H groups in total. The van der Waals surface area contributed by atoms with Gasteiger partial charge in [0.25, 0.3) is 0 Å². The molecule has 0 saturated carbocycles. The van der Waals surface area contributed by atoms with Crippen LogP contribution in [0.2, 0.25) is 10.0 Å². The van der Waals surface area contributed by atoms with Gasteiger partial charge in [-0.15, -0.1) is 0 Å². The number of carbonyl (C=O) groups is 1. The smallest absolute Gasteiger partial charge is 0.196 e. The third-order valence-corrected chi connectivity index (χ3v) is 3.19. The number of aromatic nitrogens is 1. The molecule has 0 fully saturated rings. The first-order valence-corrected chi connectivity index (χ1v) is 6.95. The summed E-state index contributed by atoms with van der Waals surface area (Å²) in [5, 5.41) is 0.823. The molecule has 0 atom stereocenters. The van der Waals surface area contributed by atoms with E-state index in [9.17, 15) is 4.79 Å². The van der Waals surface area contributed by atoms with Crippen LogP contribution in [0.5, 0.6) is 5.75 Å². The summed E-state index contributed by atoms with van der Waals surface area (Å²) in [5.74, 6) is 0.336. The van der Waals surface area contributed by atoms with Crippen LogP contribution in [-0.4, -0.2) is 17.4 Å². The second-order valence-corrected chi connectivity index (χ2v) is 5.05. The van der Waals surface area contributed by atoms with E-state index >= 15 is 0 Å². The minimum Gasteiger partial charge on any atom is -0.492 e. The summed E-state index contributed by atoms with van der Waals surface area (Å²) in [7, 11) is 0. The number of rotatable bonds is 5. The Bertz CT molecular complexity index is 629. The highest BCUT2D eigenvalue weighted by Crippen LogP contribution is 2.24. The summed E-state index contributed by atoms with van der Waals surface area (Å²) in [6, 6.07) is 6.44. The topological polar surface area (TPSA) is 39.2 Å². The van der Waals surface area contributed by atoms with E-state index < -0.39 is 0 Å². The Labute approximate surface area is 127 Å². The van der Waals surface area contributed by atoms with Gasteiger partial charge in [0.2, 0.25) is 0 Å². The van der Waals surface area contributed by atoms with Crippen molar-refractivity contribution >= 4 is 29.0 Å². The van der Waals surface area contributed by atoms with Crippen LogP contribution in [0.25, 0.3) is 0 Å². The number of ketones is 1. The van der Waals surface area contributed by atoms with E-state index in [1.165, 1.54) is 6.20 Å². The molecule has 20 heavy (non-hydrogen) atoms. The van der Waals surface area contributed by atoms with Gasteiger partial charge in [-0.25, -0.2) is 0 Å². The van der Waals surface area contributed by atoms with Crippen molar-refractivity contribution in [1.29, 1.82) is 0 Å². The summed E-state index contributed by atoms with van der Waals surface area (Å²) in [6.07, 6.45) is 3.95. The maximum Gasteiger partial charge on any atom is 0.196 e. The first kappa shape index (κ1) is 14.8. The molecule has 2 aromatic rings.